The maximum absolute atomic E-state index is 10.7. The maximum Gasteiger partial charge on any atom is 0.315 e. The molecule has 0 amide bonds. The van der Waals surface area contributed by atoms with E-state index in [1.165, 1.54) is 6.26 Å². The van der Waals surface area contributed by atoms with Crippen molar-refractivity contribution in [3.05, 3.63) is 17.8 Å². The van der Waals surface area contributed by atoms with Gasteiger partial charge in [-0.1, -0.05) is 0 Å². The summed E-state index contributed by atoms with van der Waals surface area (Å²) in [6.45, 7) is 4.86. The predicted molar refractivity (Wildman–Crippen MR) is 41.9 cm³/mol. The molecule has 0 aromatic carbocycles. The van der Waals surface area contributed by atoms with E-state index in [4.69, 9.17) is 9.52 Å². The Morgan fingerprint density at radius 2 is 2.25 bits per heavy atom. The molecule has 0 bridgehead atoms. The van der Waals surface area contributed by atoms with Gasteiger partial charge < -0.3 is 9.52 Å². The molecule has 4 heteroatoms. The van der Waals surface area contributed by atoms with Gasteiger partial charge in [0.15, 0.2) is 5.89 Å². The molecule has 0 fully saturated rings. The summed E-state index contributed by atoms with van der Waals surface area (Å²) >= 11 is 0. The molecule has 0 saturated carbocycles. The van der Waals surface area contributed by atoms with Gasteiger partial charge in [0.25, 0.3) is 0 Å². The minimum Gasteiger partial charge on any atom is -0.481 e. The summed E-state index contributed by atoms with van der Waals surface area (Å²) in [5, 5.41) is 8.82. The lowest BCUT2D eigenvalue weighted by Crippen LogP contribution is -2.28. The Hall–Kier alpha value is -1.32. The van der Waals surface area contributed by atoms with Crippen LogP contribution in [0.25, 0.3) is 0 Å². The van der Waals surface area contributed by atoms with Crippen LogP contribution in [-0.4, -0.2) is 16.1 Å². The molecule has 0 atom stereocenters. The lowest BCUT2D eigenvalue weighted by molar-refractivity contribution is -0.142. The highest BCUT2D eigenvalue weighted by molar-refractivity contribution is 5.79. The summed E-state index contributed by atoms with van der Waals surface area (Å²) in [4.78, 5) is 14.7. The third kappa shape index (κ3) is 1.32. The van der Waals surface area contributed by atoms with E-state index in [2.05, 4.69) is 4.98 Å². The Labute approximate surface area is 70.2 Å². The molecule has 0 saturated heterocycles. The van der Waals surface area contributed by atoms with Gasteiger partial charge in [-0.2, -0.15) is 0 Å². The Morgan fingerprint density at radius 1 is 1.67 bits per heavy atom. The summed E-state index contributed by atoms with van der Waals surface area (Å²) in [5.74, 6) is -0.421. The molecule has 0 aliphatic carbocycles. The van der Waals surface area contributed by atoms with E-state index >= 15 is 0 Å². The van der Waals surface area contributed by atoms with Gasteiger partial charge in [0, 0.05) is 6.92 Å². The first-order valence-corrected chi connectivity index (χ1v) is 3.60. The number of aliphatic carboxylic acids is 1. The first-order valence-electron chi connectivity index (χ1n) is 3.60. The van der Waals surface area contributed by atoms with Crippen LogP contribution in [0.1, 0.15) is 25.4 Å². The van der Waals surface area contributed by atoms with E-state index < -0.39 is 11.4 Å². The highest BCUT2D eigenvalue weighted by Gasteiger charge is 2.32. The van der Waals surface area contributed by atoms with Crippen molar-refractivity contribution in [2.24, 2.45) is 0 Å². The van der Waals surface area contributed by atoms with E-state index in [-0.39, 0.29) is 0 Å². The molecule has 66 valence electrons. The van der Waals surface area contributed by atoms with Crippen LogP contribution < -0.4 is 0 Å². The van der Waals surface area contributed by atoms with Crippen molar-refractivity contribution in [1.29, 1.82) is 0 Å². The van der Waals surface area contributed by atoms with Crippen molar-refractivity contribution in [2.45, 2.75) is 26.2 Å². The van der Waals surface area contributed by atoms with E-state index in [1.54, 1.807) is 20.8 Å². The Bertz CT molecular complexity index is 301. The highest BCUT2D eigenvalue weighted by atomic mass is 16.4. The minimum atomic E-state index is -0.974. The molecule has 0 aliphatic heterocycles. The summed E-state index contributed by atoms with van der Waals surface area (Å²) in [7, 11) is 0. The van der Waals surface area contributed by atoms with E-state index in [1.807, 2.05) is 0 Å². The van der Waals surface area contributed by atoms with Crippen molar-refractivity contribution >= 4 is 5.97 Å². The maximum atomic E-state index is 10.7. The number of aromatic nitrogens is 1. The normalized spacial score (nSPS) is 11.6. The fourth-order valence-corrected chi connectivity index (χ4v) is 0.760. The third-order valence-corrected chi connectivity index (χ3v) is 1.79. The molecule has 1 rings (SSSR count). The molecule has 1 N–H and O–H groups in total. The van der Waals surface area contributed by atoms with Gasteiger partial charge in [-0.3, -0.25) is 4.79 Å². The number of hydrogen-bond donors (Lipinski definition) is 1. The van der Waals surface area contributed by atoms with Gasteiger partial charge in [-0.05, 0) is 13.8 Å². The van der Waals surface area contributed by atoms with Gasteiger partial charge in [0.2, 0.25) is 0 Å². The minimum absolute atomic E-state index is 0.451. The Kier molecular flexibility index (Phi) is 1.92. The first-order chi connectivity index (χ1) is 5.44. The second kappa shape index (κ2) is 2.62. The standard InChI is InChI=1S/C8H11NO3/c1-5-9-6(4-12-5)8(2,3)7(10)11/h4H,1-3H3,(H,10,11). The number of oxazole rings is 1. The second-order valence-electron chi connectivity index (χ2n) is 3.18. The second-order valence-corrected chi connectivity index (χ2v) is 3.18. The largest absolute Gasteiger partial charge is 0.481 e. The third-order valence-electron chi connectivity index (χ3n) is 1.79. The lowest BCUT2D eigenvalue weighted by Gasteiger charge is -2.14. The number of nitrogens with zero attached hydrogens (tertiary/aromatic N) is 1. The molecule has 1 aromatic heterocycles. The van der Waals surface area contributed by atoms with Crippen molar-refractivity contribution in [2.75, 3.05) is 0 Å². The van der Waals surface area contributed by atoms with Crippen LogP contribution in [0, 0.1) is 6.92 Å². The van der Waals surface area contributed by atoms with Gasteiger partial charge in [-0.15, -0.1) is 0 Å². The predicted octanol–water partition coefficient (Wildman–Crippen LogP) is 1.35. The van der Waals surface area contributed by atoms with Crippen molar-refractivity contribution in [1.82, 2.24) is 4.98 Å². The summed E-state index contributed by atoms with van der Waals surface area (Å²) in [6, 6.07) is 0. The Balaban J connectivity index is 3.05. The molecule has 0 spiro atoms. The zero-order valence-corrected chi connectivity index (χ0v) is 7.29. The monoisotopic (exact) mass is 169 g/mol. The molecule has 1 heterocycles. The highest BCUT2D eigenvalue weighted by Crippen LogP contribution is 2.22. The van der Waals surface area contributed by atoms with Crippen LogP contribution in [0.4, 0.5) is 0 Å². The fourth-order valence-electron chi connectivity index (χ4n) is 0.760. The molecular formula is C8H11NO3. The molecule has 4 nitrogen and oxygen atoms in total. The van der Waals surface area contributed by atoms with Crippen molar-refractivity contribution in [3.8, 4) is 0 Å². The zero-order valence-electron chi connectivity index (χ0n) is 7.29. The fraction of sp³-hybridized carbons (Fsp3) is 0.500. The topological polar surface area (TPSA) is 63.3 Å². The number of carboxylic acids is 1. The summed E-state index contributed by atoms with van der Waals surface area (Å²) < 4.78 is 4.93. The van der Waals surface area contributed by atoms with Gasteiger partial charge in [-0.25, -0.2) is 4.98 Å². The van der Waals surface area contributed by atoms with Gasteiger partial charge in [0.1, 0.15) is 11.7 Å². The van der Waals surface area contributed by atoms with Crippen LogP contribution in [0.3, 0.4) is 0 Å². The van der Waals surface area contributed by atoms with Gasteiger partial charge in [0.05, 0.1) is 5.69 Å². The smallest absolute Gasteiger partial charge is 0.315 e. The molecule has 12 heavy (non-hydrogen) atoms. The van der Waals surface area contributed by atoms with E-state index in [0.717, 1.165) is 0 Å². The first kappa shape index (κ1) is 8.77. The summed E-state index contributed by atoms with van der Waals surface area (Å²) in [5.41, 5.74) is -0.523. The molecule has 0 radical (unpaired) electrons. The molecule has 1 aromatic rings. The van der Waals surface area contributed by atoms with Crippen molar-refractivity contribution in [3.63, 3.8) is 0 Å². The molecule has 0 aliphatic rings. The van der Waals surface area contributed by atoms with Crippen LogP contribution in [0.5, 0.6) is 0 Å². The number of carbonyl (C=O) groups is 1. The van der Waals surface area contributed by atoms with Crippen LogP contribution in [0.15, 0.2) is 10.7 Å². The van der Waals surface area contributed by atoms with Crippen molar-refractivity contribution < 1.29 is 14.3 Å². The zero-order chi connectivity index (χ0) is 9.35. The molecular weight excluding hydrogens is 158 g/mol. The SMILES string of the molecule is Cc1nc(C(C)(C)C(=O)O)co1. The quantitative estimate of drug-likeness (QED) is 0.725. The molecule has 0 unspecified atom stereocenters. The lowest BCUT2D eigenvalue weighted by atomic mass is 9.90. The van der Waals surface area contributed by atoms with Crippen LogP contribution >= 0.6 is 0 Å². The van der Waals surface area contributed by atoms with Crippen LogP contribution in [-0.2, 0) is 10.2 Å². The van der Waals surface area contributed by atoms with E-state index in [0.29, 0.717) is 11.6 Å². The average Bonchev–Trinajstić information content (AvgIpc) is 2.35. The summed E-state index contributed by atoms with van der Waals surface area (Å²) in [6.07, 6.45) is 1.38. The number of rotatable bonds is 2. The van der Waals surface area contributed by atoms with E-state index in [9.17, 15) is 4.79 Å². The Morgan fingerprint density at radius 3 is 2.58 bits per heavy atom. The average molecular weight is 169 g/mol. The van der Waals surface area contributed by atoms with Crippen LogP contribution in [0.2, 0.25) is 0 Å². The number of hydrogen-bond acceptors (Lipinski definition) is 3. The number of aryl methyl sites for hydroxylation is 1. The number of carboxylic acid groups (broad SMARTS) is 1. The van der Waals surface area contributed by atoms with Gasteiger partial charge >= 0.3 is 5.97 Å².